The molecule has 0 radical (unpaired) electrons. The molecule has 0 bridgehead atoms. The van der Waals surface area contributed by atoms with Crippen LogP contribution in [0.2, 0.25) is 0 Å². The van der Waals surface area contributed by atoms with Gasteiger partial charge in [-0.3, -0.25) is 27.4 Å². The van der Waals surface area contributed by atoms with Gasteiger partial charge in [0.25, 0.3) is 0 Å². The third-order valence-corrected chi connectivity index (χ3v) is 11.2. The zero-order valence-electron chi connectivity index (χ0n) is 37.1. The van der Waals surface area contributed by atoms with Crippen molar-refractivity contribution in [1.29, 1.82) is 0 Å². The minimum absolute atomic E-state index is 0. The maximum atomic E-state index is 13.2. The standard InChI is InChI=1S/C42H52O22P4.H2S.15H2/c1-3-5-7-9-11-13-15-17-19-20-22-24-26-28-30-35(43)58-32-34(60-36(44)31-29-27-25-23-21-18-16-14-12-10-8-6-4-2)33-59-68(56,57)64-39-37(45)40(61-65(47,48)49)42(63-67(53,54)55)41(38(39)46)62-66(50,51)52;;;;;;;;;;;;;;;;/h1,34,37-42,45-46H,4,6,8,10,12,14,16,18,21,23,25,27,29,31-33H2,2H3,(H,56,57)(H2,47,48,49)(H2,50,51,52)(H2,53,54,55);1H2;15*1H/t34-,37-,38?,39?,40?,41+,42?;;;;;;;;;;;;;;;;/m1................/s1. The van der Waals surface area contributed by atoms with Gasteiger partial charge in [0, 0.05) is 33.7 Å². The van der Waals surface area contributed by atoms with E-state index in [0.717, 1.165) is 32.1 Å². The van der Waals surface area contributed by atoms with E-state index >= 15 is 0 Å². The van der Waals surface area contributed by atoms with Gasteiger partial charge in [0.15, 0.2) is 6.10 Å². The van der Waals surface area contributed by atoms with Crippen molar-refractivity contribution in [3.63, 3.8) is 0 Å². The monoisotopic (exact) mass is 1100 g/mol. The molecule has 27 heteroatoms. The van der Waals surface area contributed by atoms with Crippen LogP contribution in [0.4, 0.5) is 0 Å². The van der Waals surface area contributed by atoms with Gasteiger partial charge < -0.3 is 53.9 Å². The molecule has 1 aliphatic rings. The van der Waals surface area contributed by atoms with Gasteiger partial charge >= 0.3 is 43.2 Å². The summed E-state index contributed by atoms with van der Waals surface area (Å²) in [7, 11) is -23.2. The first-order valence-electron chi connectivity index (χ1n) is 20.5. The van der Waals surface area contributed by atoms with Crippen molar-refractivity contribution in [3.05, 3.63) is 0 Å². The first-order chi connectivity index (χ1) is 32.0. The lowest BCUT2D eigenvalue weighted by molar-refractivity contribution is -0.209. The molecule has 0 spiro atoms. The van der Waals surface area contributed by atoms with E-state index in [1.807, 2.05) is 5.92 Å². The van der Waals surface area contributed by atoms with E-state index in [2.05, 4.69) is 103 Å². The van der Waals surface area contributed by atoms with Crippen LogP contribution < -0.4 is 0 Å². The Morgan fingerprint density at radius 1 is 0.536 bits per heavy atom. The summed E-state index contributed by atoms with van der Waals surface area (Å²) < 4.78 is 81.1. The van der Waals surface area contributed by atoms with Crippen molar-refractivity contribution in [2.75, 3.05) is 13.2 Å². The van der Waals surface area contributed by atoms with E-state index in [1.165, 1.54) is 38.5 Å². The van der Waals surface area contributed by atoms with Gasteiger partial charge in [-0.1, -0.05) is 84.0 Å². The van der Waals surface area contributed by atoms with Crippen LogP contribution in [0.15, 0.2) is 0 Å². The van der Waals surface area contributed by atoms with Crippen LogP contribution in [0.5, 0.6) is 0 Å². The topological polar surface area (TPSA) is 349 Å². The average molecular weight is 1100 g/mol. The molecule has 22 nitrogen and oxygen atoms in total. The minimum atomic E-state index is -5.82. The molecule has 0 aromatic carbocycles. The van der Waals surface area contributed by atoms with Gasteiger partial charge in [0.2, 0.25) is 0 Å². The first kappa shape index (κ1) is 65.1. The van der Waals surface area contributed by atoms with Crippen LogP contribution in [-0.4, -0.2) is 112 Å². The van der Waals surface area contributed by atoms with Gasteiger partial charge in [-0.05, 0) is 89.3 Å². The summed E-state index contributed by atoms with van der Waals surface area (Å²) in [5.41, 5.74) is 0. The van der Waals surface area contributed by atoms with Crippen LogP contribution in [0, 0.1) is 95.2 Å². The summed E-state index contributed by atoms with van der Waals surface area (Å²) in [6, 6.07) is 0. The van der Waals surface area contributed by atoms with Crippen LogP contribution in [0.3, 0.4) is 0 Å². The SMILES string of the molecule is C#CC#CC#CC#CC#CC#CC#CC#CC(=O)OC[C@H](COP(=O)(O)OC1C(O)[C@H](OP(=O)(O)O)C(OP(=O)(O)O)C(OP(=O)(O)O)[C@@H]1O)OC(=O)CCCCCCCCCCCCCCC.S.[HH].[HH].[HH].[HH].[HH].[HH].[HH].[HH].[HH].[HH].[HH].[HH].[HH].[HH].[HH]. The number of phosphoric ester groups is 4. The Hall–Kier alpha value is -3.87. The molecule has 9 N–H and O–H groups in total. The number of rotatable bonds is 28. The number of terminal acetylenes is 1. The van der Waals surface area contributed by atoms with Crippen molar-refractivity contribution < 1.29 is 126 Å². The summed E-state index contributed by atoms with van der Waals surface area (Å²) in [5.74, 6) is 32.2. The van der Waals surface area contributed by atoms with E-state index in [9.17, 15) is 72.3 Å². The lowest BCUT2D eigenvalue weighted by Gasteiger charge is -2.45. The molecule has 8 atom stereocenters. The van der Waals surface area contributed by atoms with Crippen LogP contribution >= 0.6 is 44.8 Å². The number of aliphatic hydroxyl groups excluding tert-OH is 2. The fraction of sp³-hybridized carbons (Fsp3) is 0.571. The number of aliphatic hydroxyl groups is 2. The molecule has 0 aromatic heterocycles. The highest BCUT2D eigenvalue weighted by Gasteiger charge is 2.59. The second-order valence-corrected chi connectivity index (χ2v) is 19.1. The van der Waals surface area contributed by atoms with Gasteiger partial charge in [-0.15, -0.1) is 6.42 Å². The quantitative estimate of drug-likeness (QED) is 0.0141. The van der Waals surface area contributed by atoms with Crippen LogP contribution in [0.25, 0.3) is 0 Å². The number of phosphoric acid groups is 4. The maximum absolute atomic E-state index is 13.2. The fourth-order valence-electron chi connectivity index (χ4n) is 5.79. The smallest absolute Gasteiger partial charge is 0.456 e. The lowest BCUT2D eigenvalue weighted by atomic mass is 9.85. The number of carbonyl (C=O) groups excluding carboxylic acids is 2. The number of carbonyl (C=O) groups is 2. The Morgan fingerprint density at radius 2 is 0.913 bits per heavy atom. The number of ether oxygens (including phenoxy) is 2. The van der Waals surface area contributed by atoms with E-state index < -0.39 is 99.2 Å². The average Bonchev–Trinajstić information content (AvgIpc) is 3.24. The molecule has 1 aliphatic carbocycles. The lowest BCUT2D eigenvalue weighted by Crippen LogP contribution is -2.65. The molecule has 0 aliphatic heterocycles. The third kappa shape index (κ3) is 33.4. The summed E-state index contributed by atoms with van der Waals surface area (Å²) in [6.45, 7) is 0.165. The predicted octanol–water partition coefficient (Wildman–Crippen LogP) is 6.05. The van der Waals surface area contributed by atoms with Crippen molar-refractivity contribution in [3.8, 4) is 95.2 Å². The van der Waals surface area contributed by atoms with Crippen molar-refractivity contribution >= 4 is 56.7 Å². The van der Waals surface area contributed by atoms with Gasteiger partial charge in [-0.25, -0.2) is 23.1 Å². The minimum Gasteiger partial charge on any atom is -0.456 e. The normalized spacial score (nSPS) is 19.6. The van der Waals surface area contributed by atoms with Crippen LogP contribution in [0.1, 0.15) is 118 Å². The molecular formula is C42H84O22P4S. The second-order valence-electron chi connectivity index (χ2n) is 14.1. The van der Waals surface area contributed by atoms with Gasteiger partial charge in [-0.2, -0.15) is 13.5 Å². The first-order valence-corrected chi connectivity index (χ1v) is 26.6. The zero-order chi connectivity index (χ0) is 51.1. The number of unbranched alkanes of at least 4 members (excludes halogenated alkanes) is 12. The molecule has 1 rings (SSSR count). The highest BCUT2D eigenvalue weighted by atomic mass is 32.1. The van der Waals surface area contributed by atoms with E-state index in [1.54, 1.807) is 0 Å². The predicted molar refractivity (Wildman–Crippen MR) is 280 cm³/mol. The Labute approximate surface area is 430 Å². The highest BCUT2D eigenvalue weighted by Crippen LogP contribution is 2.53. The third-order valence-electron chi connectivity index (χ3n) is 8.62. The second kappa shape index (κ2) is 35.3. The van der Waals surface area contributed by atoms with Crippen LogP contribution in [-0.2, 0) is 59.9 Å². The Kier molecular flexibility index (Phi) is 33.3. The molecule has 0 aromatic rings. The van der Waals surface area contributed by atoms with Gasteiger partial charge in [0.1, 0.15) is 43.2 Å². The summed E-state index contributed by atoms with van der Waals surface area (Å²) in [4.78, 5) is 92.1. The molecule has 1 saturated carbocycles. The van der Waals surface area contributed by atoms with E-state index in [0.29, 0.717) is 12.8 Å². The van der Waals surface area contributed by atoms with Crippen molar-refractivity contribution in [2.45, 2.75) is 140 Å². The van der Waals surface area contributed by atoms with E-state index in [4.69, 9.17) is 24.9 Å². The highest BCUT2D eigenvalue weighted by molar-refractivity contribution is 7.59. The largest absolute Gasteiger partial charge is 0.472 e. The molecule has 0 heterocycles. The summed E-state index contributed by atoms with van der Waals surface area (Å²) in [5, 5.41) is 21.7. The molecule has 0 saturated heterocycles. The fourth-order valence-corrected chi connectivity index (χ4v) is 8.45. The Bertz CT molecular complexity index is 2380. The summed E-state index contributed by atoms with van der Waals surface area (Å²) >= 11 is 0. The number of esters is 2. The Balaban J connectivity index is -0.000000206. The molecule has 69 heavy (non-hydrogen) atoms. The molecule has 0 amide bonds. The Morgan fingerprint density at radius 3 is 1.32 bits per heavy atom. The van der Waals surface area contributed by atoms with Crippen molar-refractivity contribution in [2.24, 2.45) is 0 Å². The summed E-state index contributed by atoms with van der Waals surface area (Å²) in [6.07, 6.45) is -0.185. The van der Waals surface area contributed by atoms with Crippen molar-refractivity contribution in [1.82, 2.24) is 0 Å². The molecule has 1 fully saturated rings. The number of hydrogen-bond donors (Lipinski definition) is 9. The van der Waals surface area contributed by atoms with Gasteiger partial charge in [0.05, 0.1) is 6.61 Å². The molecular weight excluding hydrogens is 1010 g/mol. The van der Waals surface area contributed by atoms with E-state index in [-0.39, 0.29) is 41.3 Å². The molecule has 5 unspecified atom stereocenters. The zero-order valence-corrected chi connectivity index (χ0v) is 41.6. The number of hydrogen-bond acceptors (Lipinski definition) is 15. The maximum Gasteiger partial charge on any atom is 0.472 e. The molecule has 410 valence electrons.